The highest BCUT2D eigenvalue weighted by atomic mass is 14.8. The first-order valence-electron chi connectivity index (χ1n) is 6.88. The standard InChI is InChI=1S/C16H27N/c1-5-17-12-15(10-13(2)3)11-16-9-7-6-8-14(16)4/h6-9,13,15,17H,5,10-12H2,1-4H3. The van der Waals surface area contributed by atoms with Crippen LogP contribution < -0.4 is 5.32 Å². The average molecular weight is 233 g/mol. The first kappa shape index (κ1) is 14.2. The van der Waals surface area contributed by atoms with E-state index in [0.29, 0.717) is 0 Å². The van der Waals surface area contributed by atoms with Crippen LogP contribution in [-0.2, 0) is 6.42 Å². The van der Waals surface area contributed by atoms with E-state index in [-0.39, 0.29) is 0 Å². The topological polar surface area (TPSA) is 12.0 Å². The summed E-state index contributed by atoms with van der Waals surface area (Å²) in [6.45, 7) is 11.2. The molecule has 0 amide bonds. The van der Waals surface area contributed by atoms with Crippen LogP contribution in [0.4, 0.5) is 0 Å². The van der Waals surface area contributed by atoms with Gasteiger partial charge in [-0.3, -0.25) is 0 Å². The minimum atomic E-state index is 0.760. The van der Waals surface area contributed by atoms with Gasteiger partial charge in [0.15, 0.2) is 0 Å². The van der Waals surface area contributed by atoms with Gasteiger partial charge in [-0.2, -0.15) is 0 Å². The van der Waals surface area contributed by atoms with Crippen molar-refractivity contribution in [3.63, 3.8) is 0 Å². The molecule has 1 heteroatoms. The lowest BCUT2D eigenvalue weighted by Crippen LogP contribution is -2.25. The number of hydrogen-bond acceptors (Lipinski definition) is 1. The Balaban J connectivity index is 2.61. The minimum absolute atomic E-state index is 0.760. The van der Waals surface area contributed by atoms with Gasteiger partial charge in [-0.05, 0) is 55.8 Å². The van der Waals surface area contributed by atoms with Crippen LogP contribution in [0.1, 0.15) is 38.3 Å². The number of hydrogen-bond donors (Lipinski definition) is 1. The molecule has 96 valence electrons. The summed E-state index contributed by atoms with van der Waals surface area (Å²) in [7, 11) is 0. The van der Waals surface area contributed by atoms with Crippen molar-refractivity contribution in [1.29, 1.82) is 0 Å². The highest BCUT2D eigenvalue weighted by Gasteiger charge is 2.12. The van der Waals surface area contributed by atoms with Gasteiger partial charge in [-0.15, -0.1) is 0 Å². The van der Waals surface area contributed by atoms with Gasteiger partial charge in [0.1, 0.15) is 0 Å². The van der Waals surface area contributed by atoms with E-state index < -0.39 is 0 Å². The molecule has 1 aromatic carbocycles. The summed E-state index contributed by atoms with van der Waals surface area (Å²) in [6, 6.07) is 8.77. The molecular weight excluding hydrogens is 206 g/mol. The fraction of sp³-hybridized carbons (Fsp3) is 0.625. The first-order valence-corrected chi connectivity index (χ1v) is 6.88. The molecule has 1 atom stereocenters. The molecule has 0 fully saturated rings. The van der Waals surface area contributed by atoms with Gasteiger partial charge in [0, 0.05) is 0 Å². The molecule has 0 aliphatic rings. The van der Waals surface area contributed by atoms with Crippen LogP contribution >= 0.6 is 0 Å². The molecule has 1 nitrogen and oxygen atoms in total. The predicted octanol–water partition coefficient (Wildman–Crippen LogP) is 3.81. The van der Waals surface area contributed by atoms with Crippen molar-refractivity contribution in [1.82, 2.24) is 5.32 Å². The van der Waals surface area contributed by atoms with Gasteiger partial charge < -0.3 is 5.32 Å². The third-order valence-corrected chi connectivity index (χ3v) is 3.26. The summed E-state index contributed by atoms with van der Waals surface area (Å²) >= 11 is 0. The fourth-order valence-corrected chi connectivity index (χ4v) is 2.40. The smallest absolute Gasteiger partial charge is 0.00174 e. The molecule has 1 aromatic rings. The maximum atomic E-state index is 3.49. The Bertz CT molecular complexity index is 317. The van der Waals surface area contributed by atoms with Gasteiger partial charge in [-0.1, -0.05) is 45.0 Å². The summed E-state index contributed by atoms with van der Waals surface area (Å²) in [5, 5.41) is 3.49. The summed E-state index contributed by atoms with van der Waals surface area (Å²) in [5.74, 6) is 1.54. The summed E-state index contributed by atoms with van der Waals surface area (Å²) in [4.78, 5) is 0. The molecule has 1 unspecified atom stereocenters. The highest BCUT2D eigenvalue weighted by Crippen LogP contribution is 2.19. The molecule has 0 radical (unpaired) electrons. The molecule has 0 aliphatic carbocycles. The Labute approximate surface area is 107 Å². The Kier molecular flexibility index (Phi) is 6.28. The lowest BCUT2D eigenvalue weighted by molar-refractivity contribution is 0.388. The van der Waals surface area contributed by atoms with E-state index in [1.54, 1.807) is 0 Å². The number of aryl methyl sites for hydroxylation is 1. The monoisotopic (exact) mass is 233 g/mol. The third-order valence-electron chi connectivity index (χ3n) is 3.26. The molecular formula is C16H27N. The predicted molar refractivity (Wildman–Crippen MR) is 76.4 cm³/mol. The molecule has 0 heterocycles. The number of benzene rings is 1. The van der Waals surface area contributed by atoms with E-state index >= 15 is 0 Å². The van der Waals surface area contributed by atoms with E-state index in [0.717, 1.165) is 24.9 Å². The minimum Gasteiger partial charge on any atom is -0.317 e. The van der Waals surface area contributed by atoms with Crippen LogP contribution in [0.15, 0.2) is 24.3 Å². The zero-order valence-electron chi connectivity index (χ0n) is 11.8. The summed E-state index contributed by atoms with van der Waals surface area (Å²) in [6.07, 6.45) is 2.51. The van der Waals surface area contributed by atoms with Gasteiger partial charge in [0.05, 0.1) is 0 Å². The molecule has 0 aliphatic heterocycles. The molecule has 1 N–H and O–H groups in total. The Morgan fingerprint density at radius 2 is 1.88 bits per heavy atom. The van der Waals surface area contributed by atoms with Gasteiger partial charge in [0.25, 0.3) is 0 Å². The second-order valence-electron chi connectivity index (χ2n) is 5.43. The van der Waals surface area contributed by atoms with E-state index in [9.17, 15) is 0 Å². The largest absolute Gasteiger partial charge is 0.317 e. The summed E-state index contributed by atoms with van der Waals surface area (Å²) < 4.78 is 0. The number of nitrogens with one attached hydrogen (secondary N) is 1. The maximum absolute atomic E-state index is 3.49. The number of rotatable bonds is 7. The highest BCUT2D eigenvalue weighted by molar-refractivity contribution is 5.25. The Morgan fingerprint density at radius 3 is 2.47 bits per heavy atom. The van der Waals surface area contributed by atoms with Gasteiger partial charge in [0.2, 0.25) is 0 Å². The van der Waals surface area contributed by atoms with Gasteiger partial charge >= 0.3 is 0 Å². The third kappa shape index (κ3) is 5.36. The second kappa shape index (κ2) is 7.50. The maximum Gasteiger partial charge on any atom is -0.00174 e. The average Bonchev–Trinajstić information content (AvgIpc) is 2.28. The quantitative estimate of drug-likeness (QED) is 0.755. The van der Waals surface area contributed by atoms with Crippen molar-refractivity contribution in [3.8, 4) is 0 Å². The van der Waals surface area contributed by atoms with Crippen molar-refractivity contribution in [2.75, 3.05) is 13.1 Å². The van der Waals surface area contributed by atoms with Crippen molar-refractivity contribution in [2.24, 2.45) is 11.8 Å². The van der Waals surface area contributed by atoms with Gasteiger partial charge in [-0.25, -0.2) is 0 Å². The lowest BCUT2D eigenvalue weighted by atomic mass is 9.89. The van der Waals surface area contributed by atoms with Crippen LogP contribution in [0.2, 0.25) is 0 Å². The lowest BCUT2D eigenvalue weighted by Gasteiger charge is -2.20. The zero-order chi connectivity index (χ0) is 12.7. The summed E-state index contributed by atoms with van der Waals surface area (Å²) in [5.41, 5.74) is 2.94. The van der Waals surface area contributed by atoms with E-state index in [1.165, 1.54) is 24.0 Å². The molecule has 1 rings (SSSR count). The fourth-order valence-electron chi connectivity index (χ4n) is 2.40. The van der Waals surface area contributed by atoms with Crippen LogP contribution in [0.3, 0.4) is 0 Å². The normalized spacial score (nSPS) is 13.0. The van der Waals surface area contributed by atoms with Crippen molar-refractivity contribution >= 4 is 0 Å². The molecule has 0 bridgehead atoms. The first-order chi connectivity index (χ1) is 8.13. The Hall–Kier alpha value is -0.820. The van der Waals surface area contributed by atoms with E-state index in [1.807, 2.05) is 0 Å². The van der Waals surface area contributed by atoms with E-state index in [4.69, 9.17) is 0 Å². The SMILES string of the molecule is CCNCC(Cc1ccccc1C)CC(C)C. The molecule has 17 heavy (non-hydrogen) atoms. The zero-order valence-corrected chi connectivity index (χ0v) is 11.8. The second-order valence-corrected chi connectivity index (χ2v) is 5.43. The van der Waals surface area contributed by atoms with Crippen LogP contribution in [0.25, 0.3) is 0 Å². The van der Waals surface area contributed by atoms with Crippen LogP contribution in [0, 0.1) is 18.8 Å². The van der Waals surface area contributed by atoms with Crippen LogP contribution in [0.5, 0.6) is 0 Å². The van der Waals surface area contributed by atoms with Crippen LogP contribution in [-0.4, -0.2) is 13.1 Å². The molecule has 0 saturated heterocycles. The van der Waals surface area contributed by atoms with E-state index in [2.05, 4.69) is 57.3 Å². The molecule has 0 spiro atoms. The van der Waals surface area contributed by atoms with Crippen molar-refractivity contribution < 1.29 is 0 Å². The van der Waals surface area contributed by atoms with Crippen molar-refractivity contribution in [3.05, 3.63) is 35.4 Å². The molecule has 0 aromatic heterocycles. The van der Waals surface area contributed by atoms with Crippen molar-refractivity contribution in [2.45, 2.75) is 40.5 Å². The Morgan fingerprint density at radius 1 is 1.18 bits per heavy atom. The molecule has 0 saturated carbocycles.